The number of nitrogens with one attached hydrogen (secondary N) is 1. The molecule has 1 aliphatic heterocycles. The molecule has 0 saturated carbocycles. The minimum atomic E-state index is 0.684. The van der Waals surface area contributed by atoms with Gasteiger partial charge in [0.05, 0.1) is 0 Å². The summed E-state index contributed by atoms with van der Waals surface area (Å²) in [5.41, 5.74) is 4.25. The second-order valence-corrected chi connectivity index (χ2v) is 5.98. The molecule has 1 unspecified atom stereocenters. The van der Waals surface area contributed by atoms with Gasteiger partial charge in [-0.25, -0.2) is 0 Å². The molecular formula is C17H29N3. The molecule has 1 aromatic rings. The van der Waals surface area contributed by atoms with Crippen LogP contribution in [0.5, 0.6) is 0 Å². The molecule has 0 bridgehead atoms. The first-order valence-electron chi connectivity index (χ1n) is 7.83. The summed E-state index contributed by atoms with van der Waals surface area (Å²) in [4.78, 5) is 5.17. The molecule has 1 aliphatic rings. The van der Waals surface area contributed by atoms with E-state index in [1.807, 2.05) is 7.05 Å². The Kier molecular flexibility index (Phi) is 5.44. The number of hydrogen-bond donors (Lipinski definition) is 1. The number of nitrogens with zero attached hydrogens (tertiary/aromatic N) is 2. The van der Waals surface area contributed by atoms with Crippen molar-refractivity contribution >= 4 is 5.69 Å². The quantitative estimate of drug-likeness (QED) is 0.890. The van der Waals surface area contributed by atoms with Gasteiger partial charge in [0.25, 0.3) is 0 Å². The van der Waals surface area contributed by atoms with Crippen molar-refractivity contribution in [3.05, 3.63) is 29.3 Å². The first-order chi connectivity index (χ1) is 9.63. The van der Waals surface area contributed by atoms with Crippen LogP contribution in [-0.4, -0.2) is 50.7 Å². The average Bonchev–Trinajstić information content (AvgIpc) is 2.48. The van der Waals surface area contributed by atoms with Gasteiger partial charge in [-0.2, -0.15) is 0 Å². The lowest BCUT2D eigenvalue weighted by molar-refractivity contribution is 0.188. The molecule has 0 aromatic heterocycles. The van der Waals surface area contributed by atoms with Crippen LogP contribution in [0.4, 0.5) is 5.69 Å². The van der Waals surface area contributed by atoms with E-state index in [4.69, 9.17) is 0 Å². The summed E-state index contributed by atoms with van der Waals surface area (Å²) in [5, 5.41) is 3.25. The monoisotopic (exact) mass is 275 g/mol. The number of anilines is 1. The second-order valence-electron chi connectivity index (χ2n) is 5.98. The molecule has 1 N–H and O–H groups in total. The lowest BCUT2D eigenvalue weighted by Crippen LogP contribution is -2.50. The highest BCUT2D eigenvalue weighted by molar-refractivity contribution is 5.56. The Hall–Kier alpha value is -1.06. The lowest BCUT2D eigenvalue weighted by Gasteiger charge is -2.39. The Labute approximate surface area is 124 Å². The minimum Gasteiger partial charge on any atom is -0.369 e. The molecular weight excluding hydrogens is 246 g/mol. The first-order valence-corrected chi connectivity index (χ1v) is 7.83. The summed E-state index contributed by atoms with van der Waals surface area (Å²) in [6.07, 6.45) is 1.24. The van der Waals surface area contributed by atoms with Gasteiger partial charge in [0.1, 0.15) is 0 Å². The SMILES string of the molecule is CNCCC(C)N1CCN(c2cccc(C)c2C)CC1. The van der Waals surface area contributed by atoms with E-state index in [0.29, 0.717) is 6.04 Å². The highest BCUT2D eigenvalue weighted by Crippen LogP contribution is 2.24. The zero-order valence-corrected chi connectivity index (χ0v) is 13.4. The maximum absolute atomic E-state index is 3.25. The molecule has 0 amide bonds. The Morgan fingerprint density at radius 1 is 1.15 bits per heavy atom. The highest BCUT2D eigenvalue weighted by atomic mass is 15.3. The molecule has 1 heterocycles. The van der Waals surface area contributed by atoms with E-state index in [-0.39, 0.29) is 0 Å². The summed E-state index contributed by atoms with van der Waals surface area (Å²) >= 11 is 0. The van der Waals surface area contributed by atoms with Gasteiger partial charge in [0.2, 0.25) is 0 Å². The molecule has 1 atom stereocenters. The number of aryl methyl sites for hydroxylation is 1. The normalized spacial score (nSPS) is 18.3. The predicted molar refractivity (Wildman–Crippen MR) is 87.7 cm³/mol. The van der Waals surface area contributed by atoms with Crippen LogP contribution in [0.3, 0.4) is 0 Å². The molecule has 1 aromatic carbocycles. The third-order valence-corrected chi connectivity index (χ3v) is 4.67. The molecule has 2 rings (SSSR count). The van der Waals surface area contributed by atoms with E-state index in [0.717, 1.165) is 19.6 Å². The van der Waals surface area contributed by atoms with E-state index in [2.05, 4.69) is 54.1 Å². The zero-order valence-electron chi connectivity index (χ0n) is 13.4. The fourth-order valence-corrected chi connectivity index (χ4v) is 3.02. The fraction of sp³-hybridized carbons (Fsp3) is 0.647. The van der Waals surface area contributed by atoms with E-state index in [1.165, 1.54) is 36.3 Å². The molecule has 0 aliphatic carbocycles. The van der Waals surface area contributed by atoms with Crippen LogP contribution in [0.25, 0.3) is 0 Å². The molecule has 3 nitrogen and oxygen atoms in total. The van der Waals surface area contributed by atoms with Crippen molar-refractivity contribution in [2.75, 3.05) is 44.7 Å². The van der Waals surface area contributed by atoms with E-state index in [1.54, 1.807) is 0 Å². The van der Waals surface area contributed by atoms with Crippen LogP contribution in [-0.2, 0) is 0 Å². The van der Waals surface area contributed by atoms with Crippen LogP contribution in [0.2, 0.25) is 0 Å². The third-order valence-electron chi connectivity index (χ3n) is 4.67. The number of piperazine rings is 1. The number of hydrogen-bond acceptors (Lipinski definition) is 3. The summed E-state index contributed by atoms with van der Waals surface area (Å²) in [5.74, 6) is 0. The van der Waals surface area contributed by atoms with Gasteiger partial charge in [-0.1, -0.05) is 12.1 Å². The van der Waals surface area contributed by atoms with Crippen molar-refractivity contribution in [1.29, 1.82) is 0 Å². The molecule has 0 radical (unpaired) electrons. The van der Waals surface area contributed by atoms with Crippen molar-refractivity contribution in [3.63, 3.8) is 0 Å². The molecule has 112 valence electrons. The summed E-state index contributed by atoms with van der Waals surface area (Å²) in [6.45, 7) is 12.6. The van der Waals surface area contributed by atoms with Gasteiger partial charge in [0, 0.05) is 37.9 Å². The summed E-state index contributed by atoms with van der Waals surface area (Å²) < 4.78 is 0. The number of benzene rings is 1. The number of rotatable bonds is 5. The topological polar surface area (TPSA) is 18.5 Å². The molecule has 0 spiro atoms. The molecule has 1 fully saturated rings. The van der Waals surface area contributed by atoms with Gasteiger partial charge < -0.3 is 10.2 Å². The van der Waals surface area contributed by atoms with Gasteiger partial charge in [-0.15, -0.1) is 0 Å². The third kappa shape index (κ3) is 3.53. The predicted octanol–water partition coefficient (Wildman–Crippen LogP) is 2.42. The van der Waals surface area contributed by atoms with Crippen molar-refractivity contribution < 1.29 is 0 Å². The standard InChI is InChI=1S/C17H29N3/c1-14-6-5-7-17(16(14)3)20-12-10-19(11-13-20)15(2)8-9-18-4/h5-7,15,18H,8-13H2,1-4H3. The van der Waals surface area contributed by atoms with Crippen LogP contribution in [0.15, 0.2) is 18.2 Å². The summed E-state index contributed by atoms with van der Waals surface area (Å²) in [6, 6.07) is 7.33. The van der Waals surface area contributed by atoms with Crippen LogP contribution < -0.4 is 10.2 Å². The Balaban J connectivity index is 1.92. The van der Waals surface area contributed by atoms with Crippen molar-refractivity contribution in [3.8, 4) is 0 Å². The smallest absolute Gasteiger partial charge is 0.0399 e. The van der Waals surface area contributed by atoms with Crippen LogP contribution in [0, 0.1) is 13.8 Å². The average molecular weight is 275 g/mol. The maximum Gasteiger partial charge on any atom is 0.0399 e. The van der Waals surface area contributed by atoms with Gasteiger partial charge >= 0.3 is 0 Å². The van der Waals surface area contributed by atoms with Crippen LogP contribution >= 0.6 is 0 Å². The molecule has 3 heteroatoms. The van der Waals surface area contributed by atoms with E-state index in [9.17, 15) is 0 Å². The Morgan fingerprint density at radius 3 is 2.50 bits per heavy atom. The lowest BCUT2D eigenvalue weighted by atomic mass is 10.1. The zero-order chi connectivity index (χ0) is 14.5. The van der Waals surface area contributed by atoms with Crippen molar-refractivity contribution in [2.45, 2.75) is 33.2 Å². The van der Waals surface area contributed by atoms with Gasteiger partial charge in [-0.3, -0.25) is 4.90 Å². The minimum absolute atomic E-state index is 0.684. The Morgan fingerprint density at radius 2 is 1.85 bits per heavy atom. The molecule has 20 heavy (non-hydrogen) atoms. The second kappa shape index (κ2) is 7.09. The van der Waals surface area contributed by atoms with Crippen LogP contribution in [0.1, 0.15) is 24.5 Å². The highest BCUT2D eigenvalue weighted by Gasteiger charge is 2.21. The van der Waals surface area contributed by atoms with E-state index >= 15 is 0 Å². The van der Waals surface area contributed by atoms with E-state index < -0.39 is 0 Å². The van der Waals surface area contributed by atoms with Gasteiger partial charge in [-0.05, 0) is 58.0 Å². The largest absolute Gasteiger partial charge is 0.369 e. The molecule has 1 saturated heterocycles. The van der Waals surface area contributed by atoms with Gasteiger partial charge in [0.15, 0.2) is 0 Å². The summed E-state index contributed by atoms with van der Waals surface area (Å²) in [7, 11) is 2.03. The fourth-order valence-electron chi connectivity index (χ4n) is 3.02. The van der Waals surface area contributed by atoms with Crippen molar-refractivity contribution in [1.82, 2.24) is 10.2 Å². The Bertz CT molecular complexity index is 422. The first kappa shape index (κ1) is 15.3. The van der Waals surface area contributed by atoms with Crippen molar-refractivity contribution in [2.24, 2.45) is 0 Å². The maximum atomic E-state index is 3.25.